The molecule has 0 aromatic heterocycles. The predicted molar refractivity (Wildman–Crippen MR) is 78.8 cm³/mol. The minimum atomic E-state index is -0.315. The lowest BCUT2D eigenvalue weighted by Gasteiger charge is -2.35. The first kappa shape index (κ1) is 13.8. The lowest BCUT2D eigenvalue weighted by Crippen LogP contribution is -2.48. The van der Waals surface area contributed by atoms with Crippen molar-refractivity contribution in [1.29, 1.82) is 0 Å². The summed E-state index contributed by atoms with van der Waals surface area (Å²) in [7, 11) is 0. The molecular weight excluding hydrogens is 267 g/mol. The highest BCUT2D eigenvalue weighted by Crippen LogP contribution is 2.24. The number of halogens is 1. The molecule has 0 spiro atoms. The SMILES string of the molecule is NC(=O)[C@@H]1Cc2ccccc2CN1Cc1ccc(F)cc1. The Kier molecular flexibility index (Phi) is 3.71. The smallest absolute Gasteiger partial charge is 0.235 e. The summed E-state index contributed by atoms with van der Waals surface area (Å²) in [6, 6.07) is 14.1. The Morgan fingerprint density at radius 2 is 1.81 bits per heavy atom. The van der Waals surface area contributed by atoms with E-state index in [1.54, 1.807) is 12.1 Å². The van der Waals surface area contributed by atoms with Gasteiger partial charge in [-0.15, -0.1) is 0 Å². The first-order chi connectivity index (χ1) is 10.1. The molecule has 0 saturated carbocycles. The average molecular weight is 284 g/mol. The number of primary amides is 1. The second kappa shape index (κ2) is 5.66. The molecule has 0 fully saturated rings. The van der Waals surface area contributed by atoms with E-state index in [9.17, 15) is 9.18 Å². The first-order valence-corrected chi connectivity index (χ1v) is 6.98. The summed E-state index contributed by atoms with van der Waals surface area (Å²) in [6.07, 6.45) is 0.632. The van der Waals surface area contributed by atoms with Crippen LogP contribution in [0.2, 0.25) is 0 Å². The highest BCUT2D eigenvalue weighted by molar-refractivity contribution is 5.80. The van der Waals surface area contributed by atoms with Crippen molar-refractivity contribution in [2.45, 2.75) is 25.6 Å². The van der Waals surface area contributed by atoms with Crippen LogP contribution in [0.4, 0.5) is 4.39 Å². The maximum atomic E-state index is 13.0. The molecule has 0 unspecified atom stereocenters. The molecule has 0 radical (unpaired) electrons. The van der Waals surface area contributed by atoms with Gasteiger partial charge in [0.05, 0.1) is 6.04 Å². The molecule has 0 saturated heterocycles. The maximum absolute atomic E-state index is 13.0. The number of nitrogens with zero attached hydrogens (tertiary/aromatic N) is 1. The van der Waals surface area contributed by atoms with Crippen LogP contribution in [-0.2, 0) is 24.3 Å². The number of fused-ring (bicyclic) bond motifs is 1. The number of nitrogens with two attached hydrogens (primary N) is 1. The van der Waals surface area contributed by atoms with Crippen LogP contribution in [0, 0.1) is 5.82 Å². The fourth-order valence-electron chi connectivity index (χ4n) is 2.85. The Morgan fingerprint density at radius 1 is 1.14 bits per heavy atom. The molecule has 2 aromatic carbocycles. The minimum absolute atomic E-state index is 0.255. The number of benzene rings is 2. The molecule has 0 aliphatic carbocycles. The Bertz CT molecular complexity index is 654. The number of amides is 1. The van der Waals surface area contributed by atoms with Gasteiger partial charge in [0.15, 0.2) is 0 Å². The van der Waals surface area contributed by atoms with E-state index in [4.69, 9.17) is 5.73 Å². The van der Waals surface area contributed by atoms with Crippen LogP contribution >= 0.6 is 0 Å². The van der Waals surface area contributed by atoms with Crippen molar-refractivity contribution in [3.63, 3.8) is 0 Å². The van der Waals surface area contributed by atoms with Gasteiger partial charge >= 0.3 is 0 Å². The second-order valence-electron chi connectivity index (χ2n) is 5.42. The van der Waals surface area contributed by atoms with E-state index in [0.717, 1.165) is 5.56 Å². The van der Waals surface area contributed by atoms with Crippen molar-refractivity contribution < 1.29 is 9.18 Å². The van der Waals surface area contributed by atoms with Crippen molar-refractivity contribution in [2.75, 3.05) is 0 Å². The van der Waals surface area contributed by atoms with Crippen molar-refractivity contribution in [3.8, 4) is 0 Å². The molecule has 3 rings (SSSR count). The quantitative estimate of drug-likeness (QED) is 0.939. The molecule has 1 amide bonds. The molecule has 1 aliphatic heterocycles. The van der Waals surface area contributed by atoms with Crippen LogP contribution < -0.4 is 5.73 Å². The molecule has 2 N–H and O–H groups in total. The van der Waals surface area contributed by atoms with Gasteiger partial charge in [0, 0.05) is 13.1 Å². The number of carbonyl (C=O) groups excluding carboxylic acids is 1. The third-order valence-electron chi connectivity index (χ3n) is 3.97. The maximum Gasteiger partial charge on any atom is 0.235 e. The molecule has 21 heavy (non-hydrogen) atoms. The Morgan fingerprint density at radius 3 is 2.48 bits per heavy atom. The molecule has 3 nitrogen and oxygen atoms in total. The Labute approximate surface area is 123 Å². The van der Waals surface area contributed by atoms with Gasteiger partial charge in [-0.2, -0.15) is 0 Å². The van der Waals surface area contributed by atoms with Crippen LogP contribution in [0.5, 0.6) is 0 Å². The minimum Gasteiger partial charge on any atom is -0.368 e. The van der Waals surface area contributed by atoms with Gasteiger partial charge in [0.2, 0.25) is 5.91 Å². The van der Waals surface area contributed by atoms with Gasteiger partial charge in [-0.3, -0.25) is 9.69 Å². The normalized spacial score (nSPS) is 18.2. The third-order valence-corrected chi connectivity index (χ3v) is 3.97. The van der Waals surface area contributed by atoms with Crippen LogP contribution in [0.25, 0.3) is 0 Å². The fraction of sp³-hybridized carbons (Fsp3) is 0.235. The third kappa shape index (κ3) is 2.95. The largest absolute Gasteiger partial charge is 0.368 e. The van der Waals surface area contributed by atoms with Gasteiger partial charge in [0.1, 0.15) is 5.82 Å². The Balaban J connectivity index is 1.85. The summed E-state index contributed by atoms with van der Waals surface area (Å²) in [4.78, 5) is 13.8. The van der Waals surface area contributed by atoms with Crippen molar-refractivity contribution >= 4 is 5.91 Å². The molecule has 1 atom stereocenters. The van der Waals surface area contributed by atoms with Crippen LogP contribution in [0.1, 0.15) is 16.7 Å². The first-order valence-electron chi connectivity index (χ1n) is 6.98. The summed E-state index contributed by atoms with van der Waals surface area (Å²) in [6.45, 7) is 1.27. The fourth-order valence-corrected chi connectivity index (χ4v) is 2.85. The van der Waals surface area contributed by atoms with Gasteiger partial charge in [0.25, 0.3) is 0 Å². The zero-order valence-corrected chi connectivity index (χ0v) is 11.6. The summed E-state index contributed by atoms with van der Waals surface area (Å²) < 4.78 is 13.0. The van der Waals surface area contributed by atoms with E-state index in [0.29, 0.717) is 19.5 Å². The standard InChI is InChI=1S/C17H17FN2O/c18-15-7-5-12(6-8-15)10-20-11-14-4-2-1-3-13(14)9-16(20)17(19)21/h1-8,16H,9-11H2,(H2,19,21)/t16-/m0/s1. The summed E-state index contributed by atoms with van der Waals surface area (Å²) in [5.41, 5.74) is 8.92. The summed E-state index contributed by atoms with van der Waals surface area (Å²) in [5.74, 6) is -0.569. The van der Waals surface area contributed by atoms with E-state index < -0.39 is 0 Å². The van der Waals surface area contributed by atoms with E-state index in [2.05, 4.69) is 11.0 Å². The molecule has 1 aliphatic rings. The van der Waals surface area contributed by atoms with Gasteiger partial charge in [-0.05, 0) is 35.2 Å². The highest BCUT2D eigenvalue weighted by atomic mass is 19.1. The molecule has 0 bridgehead atoms. The van der Waals surface area contributed by atoms with Crippen LogP contribution in [0.15, 0.2) is 48.5 Å². The molecule has 1 heterocycles. The molecule has 108 valence electrons. The zero-order valence-electron chi connectivity index (χ0n) is 11.6. The number of hydrogen-bond donors (Lipinski definition) is 1. The molecular formula is C17H17FN2O. The number of rotatable bonds is 3. The Hall–Kier alpha value is -2.20. The second-order valence-corrected chi connectivity index (χ2v) is 5.42. The van der Waals surface area contributed by atoms with Crippen LogP contribution in [0.3, 0.4) is 0 Å². The number of carbonyl (C=O) groups is 1. The van der Waals surface area contributed by atoms with Crippen LogP contribution in [-0.4, -0.2) is 16.8 Å². The molecule has 4 heteroatoms. The van der Waals surface area contributed by atoms with E-state index >= 15 is 0 Å². The van der Waals surface area contributed by atoms with Gasteiger partial charge in [-0.25, -0.2) is 4.39 Å². The van der Waals surface area contributed by atoms with Crippen molar-refractivity contribution in [1.82, 2.24) is 4.90 Å². The van der Waals surface area contributed by atoms with E-state index in [1.165, 1.54) is 23.3 Å². The van der Waals surface area contributed by atoms with E-state index in [-0.39, 0.29) is 17.8 Å². The van der Waals surface area contributed by atoms with Gasteiger partial charge in [-0.1, -0.05) is 36.4 Å². The summed E-state index contributed by atoms with van der Waals surface area (Å²) >= 11 is 0. The lowest BCUT2D eigenvalue weighted by atomic mass is 9.93. The van der Waals surface area contributed by atoms with Gasteiger partial charge < -0.3 is 5.73 Å². The molecule has 2 aromatic rings. The monoisotopic (exact) mass is 284 g/mol. The van der Waals surface area contributed by atoms with Crippen molar-refractivity contribution in [2.24, 2.45) is 5.73 Å². The number of hydrogen-bond acceptors (Lipinski definition) is 2. The highest BCUT2D eigenvalue weighted by Gasteiger charge is 2.29. The average Bonchev–Trinajstić information content (AvgIpc) is 2.48. The summed E-state index contributed by atoms with van der Waals surface area (Å²) in [5, 5.41) is 0. The van der Waals surface area contributed by atoms with Crippen molar-refractivity contribution in [3.05, 3.63) is 71.0 Å². The van der Waals surface area contributed by atoms with E-state index in [1.807, 2.05) is 18.2 Å². The topological polar surface area (TPSA) is 46.3 Å². The lowest BCUT2D eigenvalue weighted by molar-refractivity contribution is -0.124. The zero-order chi connectivity index (χ0) is 14.8. The predicted octanol–water partition coefficient (Wildman–Crippen LogP) is 2.24.